The number of nitrogens with one attached hydrogen (secondary N) is 1. The molecule has 2 aliphatic heterocycles. The molecule has 9 heteroatoms. The van der Waals surface area contributed by atoms with Crippen molar-refractivity contribution in [3.05, 3.63) is 6.33 Å². The molecule has 0 spiro atoms. The standard InChI is InChI=1S/C19H28F3N5O/c20-19(21,22)16-10-15(25-18-23-12-24-27(16)18)14-6-3-9-26(11-14)17(28)8-7-13-4-1-2-5-13/h12-16H,1-11H2,(H,23,24,25)/t14?,15-,16+/m0/s1. The Hall–Kier alpha value is -1.80. The summed E-state index contributed by atoms with van der Waals surface area (Å²) in [4.78, 5) is 18.5. The molecule has 1 aliphatic carbocycles. The van der Waals surface area contributed by atoms with Gasteiger partial charge in [-0.15, -0.1) is 0 Å². The quantitative estimate of drug-likeness (QED) is 0.837. The van der Waals surface area contributed by atoms with Crippen LogP contribution in [0.15, 0.2) is 6.33 Å². The van der Waals surface area contributed by atoms with Crippen molar-refractivity contribution in [2.24, 2.45) is 11.8 Å². The number of alkyl halides is 3. The maximum Gasteiger partial charge on any atom is 0.411 e. The summed E-state index contributed by atoms with van der Waals surface area (Å²) in [7, 11) is 0. The topological polar surface area (TPSA) is 63.1 Å². The fraction of sp³-hybridized carbons (Fsp3) is 0.842. The van der Waals surface area contributed by atoms with E-state index >= 15 is 0 Å². The lowest BCUT2D eigenvalue weighted by Crippen LogP contribution is -2.49. The van der Waals surface area contributed by atoms with Gasteiger partial charge in [0, 0.05) is 25.6 Å². The van der Waals surface area contributed by atoms with Crippen LogP contribution in [0.5, 0.6) is 0 Å². The van der Waals surface area contributed by atoms with Crippen LogP contribution in [-0.4, -0.2) is 50.9 Å². The minimum absolute atomic E-state index is 0.000481. The average molecular weight is 399 g/mol. The number of fused-ring (bicyclic) bond motifs is 1. The number of halogens is 3. The predicted octanol–water partition coefficient (Wildman–Crippen LogP) is 3.77. The van der Waals surface area contributed by atoms with E-state index < -0.39 is 12.2 Å². The molecule has 4 rings (SSSR count). The third-order valence-corrected chi connectivity index (χ3v) is 6.66. The third kappa shape index (κ3) is 4.12. The number of aromatic nitrogens is 3. The van der Waals surface area contributed by atoms with Crippen molar-refractivity contribution < 1.29 is 18.0 Å². The molecule has 1 aromatic rings. The molecular formula is C19H28F3N5O. The second-order valence-electron chi connectivity index (χ2n) is 8.50. The number of likely N-dealkylation sites (tertiary alicyclic amines) is 1. The average Bonchev–Trinajstić information content (AvgIpc) is 3.36. The summed E-state index contributed by atoms with van der Waals surface area (Å²) < 4.78 is 41.5. The number of anilines is 1. The van der Waals surface area contributed by atoms with Crippen LogP contribution in [0.4, 0.5) is 19.1 Å². The van der Waals surface area contributed by atoms with Crippen LogP contribution in [0, 0.1) is 11.8 Å². The number of hydrogen-bond donors (Lipinski definition) is 1. The lowest BCUT2D eigenvalue weighted by atomic mass is 9.85. The molecule has 1 aromatic heterocycles. The van der Waals surface area contributed by atoms with E-state index in [1.165, 1.54) is 25.7 Å². The van der Waals surface area contributed by atoms with E-state index in [0.717, 1.165) is 30.3 Å². The largest absolute Gasteiger partial charge is 0.411 e. The van der Waals surface area contributed by atoms with Crippen LogP contribution in [-0.2, 0) is 4.79 Å². The Morgan fingerprint density at radius 3 is 2.75 bits per heavy atom. The van der Waals surface area contributed by atoms with E-state index in [0.29, 0.717) is 25.4 Å². The highest BCUT2D eigenvalue weighted by atomic mass is 19.4. The van der Waals surface area contributed by atoms with Crippen molar-refractivity contribution in [1.82, 2.24) is 19.7 Å². The highest BCUT2D eigenvalue weighted by molar-refractivity contribution is 5.76. The van der Waals surface area contributed by atoms with Gasteiger partial charge in [-0.3, -0.25) is 4.79 Å². The molecule has 1 saturated heterocycles. The Bertz CT molecular complexity index is 685. The van der Waals surface area contributed by atoms with Gasteiger partial charge in [0.15, 0.2) is 6.04 Å². The molecule has 1 saturated carbocycles. The molecule has 3 heterocycles. The highest BCUT2D eigenvalue weighted by Gasteiger charge is 2.48. The van der Waals surface area contributed by atoms with Crippen molar-refractivity contribution in [3.63, 3.8) is 0 Å². The summed E-state index contributed by atoms with van der Waals surface area (Å²) >= 11 is 0. The summed E-state index contributed by atoms with van der Waals surface area (Å²) in [6.07, 6.45) is 4.86. The first kappa shape index (κ1) is 19.5. The third-order valence-electron chi connectivity index (χ3n) is 6.66. The van der Waals surface area contributed by atoms with E-state index in [-0.39, 0.29) is 30.2 Å². The van der Waals surface area contributed by atoms with Crippen LogP contribution in [0.2, 0.25) is 0 Å². The first-order chi connectivity index (χ1) is 13.4. The van der Waals surface area contributed by atoms with E-state index in [1.54, 1.807) is 0 Å². The fourth-order valence-corrected chi connectivity index (χ4v) is 5.08. The van der Waals surface area contributed by atoms with Crippen LogP contribution in [0.3, 0.4) is 0 Å². The molecule has 3 atom stereocenters. The van der Waals surface area contributed by atoms with Crippen molar-refractivity contribution in [2.45, 2.75) is 76.0 Å². The molecule has 0 radical (unpaired) electrons. The summed E-state index contributed by atoms with van der Waals surface area (Å²) in [6.45, 7) is 1.24. The van der Waals surface area contributed by atoms with Gasteiger partial charge in [-0.25, -0.2) is 4.68 Å². The fourth-order valence-electron chi connectivity index (χ4n) is 5.08. The highest BCUT2D eigenvalue weighted by Crippen LogP contribution is 2.41. The van der Waals surface area contributed by atoms with E-state index in [4.69, 9.17) is 0 Å². The van der Waals surface area contributed by atoms with Crippen LogP contribution in [0.1, 0.15) is 63.8 Å². The summed E-state index contributed by atoms with van der Waals surface area (Å²) in [5.41, 5.74) is 0. The number of rotatable bonds is 4. The second kappa shape index (κ2) is 7.91. The van der Waals surface area contributed by atoms with Crippen LogP contribution >= 0.6 is 0 Å². The van der Waals surface area contributed by atoms with Crippen LogP contribution in [0.25, 0.3) is 0 Å². The molecule has 6 nitrogen and oxygen atoms in total. The van der Waals surface area contributed by atoms with Gasteiger partial charge in [-0.1, -0.05) is 25.7 Å². The number of carbonyl (C=O) groups excluding carboxylic acids is 1. The minimum atomic E-state index is -4.37. The molecule has 28 heavy (non-hydrogen) atoms. The summed E-state index contributed by atoms with van der Waals surface area (Å²) in [5.74, 6) is 0.995. The zero-order valence-electron chi connectivity index (χ0n) is 16.0. The van der Waals surface area contributed by atoms with Gasteiger partial charge in [0.25, 0.3) is 0 Å². The molecule has 0 aromatic carbocycles. The Morgan fingerprint density at radius 1 is 1.21 bits per heavy atom. The predicted molar refractivity (Wildman–Crippen MR) is 97.6 cm³/mol. The number of hydrogen-bond acceptors (Lipinski definition) is 4. The van der Waals surface area contributed by atoms with Gasteiger partial charge in [0.05, 0.1) is 0 Å². The summed E-state index contributed by atoms with van der Waals surface area (Å²) in [5, 5.41) is 6.88. The minimum Gasteiger partial charge on any atom is -0.351 e. The lowest BCUT2D eigenvalue weighted by Gasteiger charge is -2.41. The first-order valence-corrected chi connectivity index (χ1v) is 10.4. The lowest BCUT2D eigenvalue weighted by molar-refractivity contribution is -0.175. The number of nitrogens with zero attached hydrogens (tertiary/aromatic N) is 4. The van der Waals surface area contributed by atoms with Gasteiger partial charge in [0.1, 0.15) is 6.33 Å². The van der Waals surface area contributed by atoms with Gasteiger partial charge in [-0.2, -0.15) is 23.3 Å². The van der Waals surface area contributed by atoms with Crippen molar-refractivity contribution in [1.29, 1.82) is 0 Å². The maximum absolute atomic E-state index is 13.5. The number of amides is 1. The number of piperidine rings is 1. The molecular weight excluding hydrogens is 371 g/mol. The maximum atomic E-state index is 13.5. The molecule has 1 amide bonds. The monoisotopic (exact) mass is 399 g/mol. The molecule has 1 N–H and O–H groups in total. The van der Waals surface area contributed by atoms with Crippen molar-refractivity contribution >= 4 is 11.9 Å². The Labute approximate surface area is 162 Å². The van der Waals surface area contributed by atoms with Crippen molar-refractivity contribution in [2.75, 3.05) is 18.4 Å². The molecule has 2 fully saturated rings. The second-order valence-corrected chi connectivity index (χ2v) is 8.50. The van der Waals surface area contributed by atoms with Gasteiger partial charge in [0.2, 0.25) is 11.9 Å². The van der Waals surface area contributed by atoms with Gasteiger partial charge in [-0.05, 0) is 37.5 Å². The zero-order chi connectivity index (χ0) is 19.7. The van der Waals surface area contributed by atoms with E-state index in [2.05, 4.69) is 15.4 Å². The first-order valence-electron chi connectivity index (χ1n) is 10.4. The van der Waals surface area contributed by atoms with Gasteiger partial charge >= 0.3 is 6.18 Å². The SMILES string of the molecule is O=C(CCC1CCCC1)N1CCCC([C@@H]2C[C@H](C(F)(F)F)n3ncnc3N2)C1. The Morgan fingerprint density at radius 2 is 2.00 bits per heavy atom. The van der Waals surface area contributed by atoms with Crippen LogP contribution < -0.4 is 5.32 Å². The Kier molecular flexibility index (Phi) is 5.51. The Balaban J connectivity index is 1.38. The molecule has 3 aliphatic rings. The van der Waals surface area contributed by atoms with E-state index in [1.807, 2.05) is 4.90 Å². The zero-order valence-corrected chi connectivity index (χ0v) is 16.0. The molecule has 1 unspecified atom stereocenters. The van der Waals surface area contributed by atoms with E-state index in [9.17, 15) is 18.0 Å². The molecule has 156 valence electrons. The summed E-state index contributed by atoms with van der Waals surface area (Å²) in [6, 6.07) is -2.02. The smallest absolute Gasteiger partial charge is 0.351 e. The number of carbonyl (C=O) groups is 1. The molecule has 0 bridgehead atoms. The normalized spacial score (nSPS) is 28.8. The van der Waals surface area contributed by atoms with Gasteiger partial charge < -0.3 is 10.2 Å². The van der Waals surface area contributed by atoms with Crippen molar-refractivity contribution in [3.8, 4) is 0 Å².